The first kappa shape index (κ1) is 11.9. The molecule has 0 amide bonds. The lowest BCUT2D eigenvalue weighted by molar-refractivity contribution is 0.00353. The lowest BCUT2D eigenvalue weighted by atomic mass is 10.2. The number of rotatable bonds is 2. The Hall–Kier alpha value is -0.530. The minimum atomic E-state index is -0.0814. The lowest BCUT2D eigenvalue weighted by Crippen LogP contribution is -2.44. The fraction of sp³-hybridized carbons (Fsp3) is 0.455. The number of morpholine rings is 1. The van der Waals surface area contributed by atoms with Crippen molar-refractivity contribution in [2.45, 2.75) is 6.10 Å². The predicted molar refractivity (Wildman–Crippen MR) is 72.6 cm³/mol. The van der Waals surface area contributed by atoms with Crippen LogP contribution in [0.25, 0.3) is 0 Å². The molecule has 0 saturated carbocycles. The second-order valence-corrected chi connectivity index (χ2v) is 4.99. The maximum absolute atomic E-state index is 9.10. The van der Waals surface area contributed by atoms with Crippen LogP contribution in [-0.4, -0.2) is 37.5 Å². The van der Waals surface area contributed by atoms with Gasteiger partial charge in [0, 0.05) is 22.3 Å². The van der Waals surface area contributed by atoms with E-state index in [0.717, 1.165) is 28.0 Å². The van der Waals surface area contributed by atoms with Gasteiger partial charge in [-0.1, -0.05) is 0 Å². The van der Waals surface area contributed by atoms with Crippen molar-refractivity contribution in [3.05, 3.63) is 21.8 Å². The van der Waals surface area contributed by atoms with Gasteiger partial charge in [-0.05, 0) is 40.8 Å². The molecule has 1 aliphatic rings. The number of hydrogen-bond donors (Lipinski definition) is 2. The molecule has 3 N–H and O–H groups in total. The first-order chi connectivity index (χ1) is 7.70. The highest BCUT2D eigenvalue weighted by Crippen LogP contribution is 2.26. The smallest absolute Gasteiger partial charge is 0.0980 e. The standard InChI is InChI=1S/C11H15IN2O2/c12-10-5-8(13)1-2-11(10)14-3-4-16-9(6-14)7-15/h1-2,5,9,15H,3-4,6-7,13H2. The summed E-state index contributed by atoms with van der Waals surface area (Å²) in [5, 5.41) is 9.10. The summed E-state index contributed by atoms with van der Waals surface area (Å²) in [6.45, 7) is 2.32. The summed E-state index contributed by atoms with van der Waals surface area (Å²) >= 11 is 2.28. The van der Waals surface area contributed by atoms with Crippen LogP contribution in [0.2, 0.25) is 0 Å². The van der Waals surface area contributed by atoms with Crippen LogP contribution in [0.5, 0.6) is 0 Å². The molecular formula is C11H15IN2O2. The number of halogens is 1. The van der Waals surface area contributed by atoms with Crippen LogP contribution < -0.4 is 10.6 Å². The molecule has 1 heterocycles. The predicted octanol–water partition coefficient (Wildman–Crippen LogP) is 1.07. The summed E-state index contributed by atoms with van der Waals surface area (Å²) in [6, 6.07) is 5.89. The van der Waals surface area contributed by atoms with Crippen LogP contribution in [0.1, 0.15) is 0 Å². The van der Waals surface area contributed by atoms with E-state index in [4.69, 9.17) is 15.6 Å². The molecule has 0 aliphatic carbocycles. The van der Waals surface area contributed by atoms with Crippen molar-refractivity contribution in [1.82, 2.24) is 0 Å². The fourth-order valence-electron chi connectivity index (χ4n) is 1.83. The number of benzene rings is 1. The highest BCUT2D eigenvalue weighted by atomic mass is 127. The Balaban J connectivity index is 2.16. The van der Waals surface area contributed by atoms with Gasteiger partial charge in [-0.25, -0.2) is 0 Å². The van der Waals surface area contributed by atoms with Crippen LogP contribution in [0.15, 0.2) is 18.2 Å². The second-order valence-electron chi connectivity index (χ2n) is 3.83. The Bertz CT molecular complexity index is 373. The van der Waals surface area contributed by atoms with Crippen molar-refractivity contribution in [2.75, 3.05) is 36.9 Å². The zero-order valence-corrected chi connectivity index (χ0v) is 11.1. The number of nitrogens with two attached hydrogens (primary N) is 1. The molecule has 0 aromatic heterocycles. The third kappa shape index (κ3) is 2.58. The van der Waals surface area contributed by atoms with E-state index in [1.807, 2.05) is 18.2 Å². The molecule has 4 nitrogen and oxygen atoms in total. The van der Waals surface area contributed by atoms with Crippen molar-refractivity contribution >= 4 is 34.0 Å². The average Bonchev–Trinajstić information content (AvgIpc) is 2.29. The van der Waals surface area contributed by atoms with E-state index in [1.54, 1.807) is 0 Å². The van der Waals surface area contributed by atoms with Gasteiger partial charge in [0.1, 0.15) is 0 Å². The summed E-state index contributed by atoms with van der Waals surface area (Å²) < 4.78 is 6.56. The molecule has 0 spiro atoms. The summed E-state index contributed by atoms with van der Waals surface area (Å²) in [6.07, 6.45) is -0.0814. The Morgan fingerprint density at radius 2 is 2.38 bits per heavy atom. The fourth-order valence-corrected chi connectivity index (χ4v) is 2.71. The normalized spacial score (nSPS) is 21.1. The molecular weight excluding hydrogens is 319 g/mol. The Morgan fingerprint density at radius 3 is 3.06 bits per heavy atom. The van der Waals surface area contributed by atoms with Crippen molar-refractivity contribution < 1.29 is 9.84 Å². The van der Waals surface area contributed by atoms with Crippen molar-refractivity contribution in [2.24, 2.45) is 0 Å². The highest BCUT2D eigenvalue weighted by Gasteiger charge is 2.21. The zero-order valence-electron chi connectivity index (χ0n) is 8.90. The van der Waals surface area contributed by atoms with Crippen molar-refractivity contribution in [3.63, 3.8) is 0 Å². The molecule has 88 valence electrons. The highest BCUT2D eigenvalue weighted by molar-refractivity contribution is 14.1. The quantitative estimate of drug-likeness (QED) is 0.628. The van der Waals surface area contributed by atoms with Crippen molar-refractivity contribution in [3.8, 4) is 0 Å². The van der Waals surface area contributed by atoms with Gasteiger partial charge >= 0.3 is 0 Å². The van der Waals surface area contributed by atoms with Crippen LogP contribution >= 0.6 is 22.6 Å². The number of aliphatic hydroxyl groups excluding tert-OH is 1. The van der Waals surface area contributed by atoms with Crippen LogP contribution in [0, 0.1) is 3.57 Å². The summed E-state index contributed by atoms with van der Waals surface area (Å²) in [7, 11) is 0. The number of hydrogen-bond acceptors (Lipinski definition) is 4. The van der Waals surface area contributed by atoms with Crippen LogP contribution in [0.3, 0.4) is 0 Å². The van der Waals surface area contributed by atoms with Gasteiger partial charge in [-0.2, -0.15) is 0 Å². The summed E-state index contributed by atoms with van der Waals surface area (Å²) in [5.74, 6) is 0. The van der Waals surface area contributed by atoms with Gasteiger partial charge in [-0.3, -0.25) is 0 Å². The lowest BCUT2D eigenvalue weighted by Gasteiger charge is -2.34. The number of anilines is 2. The monoisotopic (exact) mass is 334 g/mol. The molecule has 2 rings (SSSR count). The molecule has 1 unspecified atom stereocenters. The molecule has 1 aromatic rings. The largest absolute Gasteiger partial charge is 0.399 e. The van der Waals surface area contributed by atoms with Gasteiger partial charge in [-0.15, -0.1) is 0 Å². The number of nitrogens with zero attached hydrogens (tertiary/aromatic N) is 1. The third-order valence-corrected chi connectivity index (χ3v) is 3.52. The van der Waals surface area contributed by atoms with Crippen LogP contribution in [0.4, 0.5) is 11.4 Å². The number of aliphatic hydroxyl groups is 1. The molecule has 5 heteroatoms. The average molecular weight is 334 g/mol. The Labute approximate surface area is 109 Å². The van der Waals surface area contributed by atoms with Crippen molar-refractivity contribution in [1.29, 1.82) is 0 Å². The first-order valence-corrected chi connectivity index (χ1v) is 6.31. The Morgan fingerprint density at radius 1 is 1.56 bits per heavy atom. The topological polar surface area (TPSA) is 58.7 Å². The molecule has 0 bridgehead atoms. The van der Waals surface area contributed by atoms with Gasteiger partial charge in [0.25, 0.3) is 0 Å². The number of ether oxygens (including phenoxy) is 1. The van der Waals surface area contributed by atoms with E-state index in [1.165, 1.54) is 0 Å². The van der Waals surface area contributed by atoms with Gasteiger partial charge in [0.05, 0.1) is 25.0 Å². The van der Waals surface area contributed by atoms with Gasteiger partial charge in [0.15, 0.2) is 0 Å². The van der Waals surface area contributed by atoms with Crippen LogP contribution in [-0.2, 0) is 4.74 Å². The summed E-state index contributed by atoms with van der Waals surface area (Å²) in [4.78, 5) is 2.23. The molecule has 0 radical (unpaired) electrons. The minimum absolute atomic E-state index is 0.0715. The van der Waals surface area contributed by atoms with E-state index < -0.39 is 0 Å². The first-order valence-electron chi connectivity index (χ1n) is 5.23. The molecule has 1 aromatic carbocycles. The SMILES string of the molecule is Nc1ccc(N2CCOC(CO)C2)c(I)c1. The van der Waals surface area contributed by atoms with E-state index in [-0.39, 0.29) is 12.7 Å². The zero-order chi connectivity index (χ0) is 11.5. The molecule has 1 saturated heterocycles. The van der Waals surface area contributed by atoms with E-state index >= 15 is 0 Å². The third-order valence-electron chi connectivity index (χ3n) is 2.65. The van der Waals surface area contributed by atoms with E-state index in [2.05, 4.69) is 27.5 Å². The Kier molecular flexibility index (Phi) is 3.88. The van der Waals surface area contributed by atoms with Gasteiger partial charge in [0.2, 0.25) is 0 Å². The molecule has 1 fully saturated rings. The maximum Gasteiger partial charge on any atom is 0.0980 e. The molecule has 1 aliphatic heterocycles. The maximum atomic E-state index is 9.10. The number of nitrogen functional groups attached to an aromatic ring is 1. The summed E-state index contributed by atoms with van der Waals surface area (Å²) in [5.41, 5.74) is 7.66. The minimum Gasteiger partial charge on any atom is -0.399 e. The molecule has 16 heavy (non-hydrogen) atoms. The molecule has 1 atom stereocenters. The second kappa shape index (κ2) is 5.20. The van der Waals surface area contributed by atoms with E-state index in [9.17, 15) is 0 Å². The van der Waals surface area contributed by atoms with Gasteiger partial charge < -0.3 is 20.5 Å². The van der Waals surface area contributed by atoms with E-state index in [0.29, 0.717) is 6.61 Å².